The third-order valence-corrected chi connectivity index (χ3v) is 2.31. The highest BCUT2D eigenvalue weighted by atomic mass is 35.5. The van der Waals surface area contributed by atoms with Gasteiger partial charge in [0.25, 0.3) is 0 Å². The molecule has 0 bridgehead atoms. The Bertz CT molecular complexity index is 492. The Morgan fingerprint density at radius 3 is 2.53 bits per heavy atom. The van der Waals surface area contributed by atoms with Crippen LogP contribution in [-0.2, 0) is 0 Å². The summed E-state index contributed by atoms with van der Waals surface area (Å²) in [5.41, 5.74) is 6.73. The van der Waals surface area contributed by atoms with Crippen LogP contribution in [0.25, 0.3) is 11.5 Å². The second-order valence-corrected chi connectivity index (χ2v) is 3.79. The summed E-state index contributed by atoms with van der Waals surface area (Å²) >= 11 is 10.5. The minimum absolute atomic E-state index is 0.221. The molecule has 0 amide bonds. The van der Waals surface area contributed by atoms with Crippen molar-refractivity contribution in [3.63, 3.8) is 0 Å². The number of hydrogen-bond acceptors (Lipinski definition) is 3. The number of aromatic nitrogens is 1. The highest BCUT2D eigenvalue weighted by Crippen LogP contribution is 2.20. The molecule has 0 atom stereocenters. The van der Waals surface area contributed by atoms with Crippen LogP contribution in [0.5, 0.6) is 0 Å². The van der Waals surface area contributed by atoms with E-state index < -0.39 is 0 Å². The number of halogens is 1. The molecular weight excluding hydrogens is 232 g/mol. The van der Waals surface area contributed by atoms with E-state index in [0.29, 0.717) is 16.6 Å². The molecule has 5 heteroatoms. The second kappa shape index (κ2) is 4.00. The lowest BCUT2D eigenvalue weighted by Crippen LogP contribution is -2.09. The van der Waals surface area contributed by atoms with E-state index in [1.54, 1.807) is 12.1 Å². The van der Waals surface area contributed by atoms with Crippen molar-refractivity contribution in [2.24, 2.45) is 5.73 Å². The fraction of sp³-hybridized carbons (Fsp3) is 0. The molecule has 0 unspecified atom stereocenters. The lowest BCUT2D eigenvalue weighted by atomic mass is 10.2. The van der Waals surface area contributed by atoms with Gasteiger partial charge in [0, 0.05) is 10.6 Å². The predicted molar refractivity (Wildman–Crippen MR) is 62.8 cm³/mol. The van der Waals surface area contributed by atoms with Gasteiger partial charge < -0.3 is 10.2 Å². The van der Waals surface area contributed by atoms with Gasteiger partial charge in [0.15, 0.2) is 0 Å². The molecular formula is C10H7ClN2OS. The Morgan fingerprint density at radius 2 is 2.00 bits per heavy atom. The van der Waals surface area contributed by atoms with Gasteiger partial charge in [-0.3, -0.25) is 0 Å². The van der Waals surface area contributed by atoms with Gasteiger partial charge >= 0.3 is 0 Å². The minimum atomic E-state index is 0.221. The first-order chi connectivity index (χ1) is 7.16. The summed E-state index contributed by atoms with van der Waals surface area (Å²) in [6.45, 7) is 0. The summed E-state index contributed by atoms with van der Waals surface area (Å²) in [4.78, 5) is 4.35. The van der Waals surface area contributed by atoms with Gasteiger partial charge in [0.1, 0.15) is 16.9 Å². The first-order valence-electron chi connectivity index (χ1n) is 4.18. The van der Waals surface area contributed by atoms with E-state index in [0.717, 1.165) is 5.56 Å². The molecule has 76 valence electrons. The number of hydrogen-bond donors (Lipinski definition) is 1. The quantitative estimate of drug-likeness (QED) is 0.818. The normalized spacial score (nSPS) is 10.2. The van der Waals surface area contributed by atoms with Crippen molar-refractivity contribution in [3.8, 4) is 11.5 Å². The van der Waals surface area contributed by atoms with E-state index >= 15 is 0 Å². The average Bonchev–Trinajstić information content (AvgIpc) is 2.68. The van der Waals surface area contributed by atoms with Crippen LogP contribution >= 0.6 is 23.8 Å². The Balaban J connectivity index is 2.37. The van der Waals surface area contributed by atoms with Gasteiger partial charge in [0.2, 0.25) is 5.89 Å². The average molecular weight is 239 g/mol. The number of nitrogens with two attached hydrogens (primary N) is 1. The first-order valence-corrected chi connectivity index (χ1v) is 4.97. The molecule has 3 nitrogen and oxygen atoms in total. The van der Waals surface area contributed by atoms with E-state index in [-0.39, 0.29) is 4.99 Å². The van der Waals surface area contributed by atoms with E-state index in [9.17, 15) is 0 Å². The smallest absolute Gasteiger partial charge is 0.226 e. The molecule has 1 heterocycles. The third kappa shape index (κ3) is 2.16. The highest BCUT2D eigenvalue weighted by molar-refractivity contribution is 7.80. The first kappa shape index (κ1) is 10.1. The molecule has 0 aliphatic heterocycles. The maximum atomic E-state index is 5.76. The molecule has 2 aromatic rings. The minimum Gasteiger partial charge on any atom is -0.444 e. The van der Waals surface area contributed by atoms with Gasteiger partial charge in [-0.2, -0.15) is 0 Å². The molecule has 0 aliphatic rings. The number of thiocarbonyl (C=S) groups is 1. The maximum Gasteiger partial charge on any atom is 0.226 e. The molecule has 0 saturated heterocycles. The summed E-state index contributed by atoms with van der Waals surface area (Å²) < 4.78 is 5.23. The van der Waals surface area contributed by atoms with E-state index in [4.69, 9.17) is 34.0 Å². The van der Waals surface area contributed by atoms with Crippen LogP contribution in [0.1, 0.15) is 5.69 Å². The van der Waals surface area contributed by atoms with Crippen molar-refractivity contribution in [2.75, 3.05) is 0 Å². The SMILES string of the molecule is NC(=S)c1coc(-c2ccc(Cl)cc2)n1. The molecule has 0 radical (unpaired) electrons. The van der Waals surface area contributed by atoms with Gasteiger partial charge in [-0.1, -0.05) is 23.8 Å². The molecule has 2 rings (SSSR count). The Kier molecular flexibility index (Phi) is 2.70. The van der Waals surface area contributed by atoms with Crippen LogP contribution in [0.15, 0.2) is 34.9 Å². The van der Waals surface area contributed by atoms with Crippen molar-refractivity contribution < 1.29 is 4.42 Å². The van der Waals surface area contributed by atoms with E-state index in [1.807, 2.05) is 12.1 Å². The Morgan fingerprint density at radius 1 is 1.33 bits per heavy atom. The fourth-order valence-electron chi connectivity index (χ4n) is 1.11. The monoisotopic (exact) mass is 238 g/mol. The van der Waals surface area contributed by atoms with E-state index in [1.165, 1.54) is 6.26 Å². The highest BCUT2D eigenvalue weighted by Gasteiger charge is 2.07. The van der Waals surface area contributed by atoms with Crippen LogP contribution < -0.4 is 5.73 Å². The molecule has 0 aliphatic carbocycles. The molecule has 0 saturated carbocycles. The predicted octanol–water partition coefficient (Wildman–Crippen LogP) is 2.63. The molecule has 1 aromatic carbocycles. The summed E-state index contributed by atoms with van der Waals surface area (Å²) in [5, 5.41) is 0.667. The number of oxazole rings is 1. The van der Waals surface area contributed by atoms with Gasteiger partial charge in [0.05, 0.1) is 0 Å². The van der Waals surface area contributed by atoms with E-state index in [2.05, 4.69) is 4.98 Å². The molecule has 1 aromatic heterocycles. The fourth-order valence-corrected chi connectivity index (χ4v) is 1.33. The summed E-state index contributed by atoms with van der Waals surface area (Å²) in [6.07, 6.45) is 1.44. The van der Waals surface area contributed by atoms with Crippen LogP contribution in [0, 0.1) is 0 Å². The van der Waals surface area contributed by atoms with Crippen LogP contribution in [-0.4, -0.2) is 9.97 Å². The zero-order valence-corrected chi connectivity index (χ0v) is 9.18. The molecule has 0 spiro atoms. The van der Waals surface area contributed by atoms with Gasteiger partial charge in [-0.05, 0) is 24.3 Å². The third-order valence-electron chi connectivity index (χ3n) is 1.85. The maximum absolute atomic E-state index is 5.76. The number of nitrogens with zero attached hydrogens (tertiary/aromatic N) is 1. The number of benzene rings is 1. The molecule has 2 N–H and O–H groups in total. The zero-order valence-electron chi connectivity index (χ0n) is 7.61. The second-order valence-electron chi connectivity index (χ2n) is 2.91. The van der Waals surface area contributed by atoms with Crippen molar-refractivity contribution in [2.45, 2.75) is 0 Å². The van der Waals surface area contributed by atoms with Crippen LogP contribution in [0.3, 0.4) is 0 Å². The summed E-state index contributed by atoms with van der Waals surface area (Å²) in [5.74, 6) is 0.481. The van der Waals surface area contributed by atoms with Crippen molar-refractivity contribution in [1.29, 1.82) is 0 Å². The van der Waals surface area contributed by atoms with Crippen molar-refractivity contribution in [1.82, 2.24) is 4.98 Å². The number of rotatable bonds is 2. The molecule has 15 heavy (non-hydrogen) atoms. The standard InChI is InChI=1S/C10H7ClN2OS/c11-7-3-1-6(2-4-7)10-13-8(5-14-10)9(12)15/h1-5H,(H2,12,15). The Labute approximate surface area is 96.9 Å². The molecule has 0 fully saturated rings. The van der Waals surface area contributed by atoms with Crippen LogP contribution in [0.2, 0.25) is 5.02 Å². The lowest BCUT2D eigenvalue weighted by molar-refractivity contribution is 0.574. The topological polar surface area (TPSA) is 52.0 Å². The zero-order chi connectivity index (χ0) is 10.8. The summed E-state index contributed by atoms with van der Waals surface area (Å²) in [6, 6.07) is 7.16. The van der Waals surface area contributed by atoms with Gasteiger partial charge in [-0.15, -0.1) is 0 Å². The lowest BCUT2D eigenvalue weighted by Gasteiger charge is -1.94. The van der Waals surface area contributed by atoms with Crippen LogP contribution in [0.4, 0.5) is 0 Å². The van der Waals surface area contributed by atoms with Crippen molar-refractivity contribution in [3.05, 3.63) is 41.2 Å². The van der Waals surface area contributed by atoms with Gasteiger partial charge in [-0.25, -0.2) is 4.98 Å². The van der Waals surface area contributed by atoms with Crippen molar-refractivity contribution >= 4 is 28.8 Å². The Hall–Kier alpha value is -1.39. The summed E-state index contributed by atoms with van der Waals surface area (Å²) in [7, 11) is 0. The largest absolute Gasteiger partial charge is 0.444 e.